The molecule has 2 aromatic carbocycles. The third kappa shape index (κ3) is 6.08. The van der Waals surface area contributed by atoms with E-state index in [1.54, 1.807) is 0 Å². The molecule has 0 aliphatic carbocycles. The first-order chi connectivity index (χ1) is 17.0. The highest BCUT2D eigenvalue weighted by Crippen LogP contribution is 2.33. The minimum atomic E-state index is -0.0821. The van der Waals surface area contributed by atoms with Gasteiger partial charge in [0.25, 0.3) is 5.91 Å². The van der Waals surface area contributed by atoms with Crippen molar-refractivity contribution in [2.75, 3.05) is 33.0 Å². The van der Waals surface area contributed by atoms with Crippen LogP contribution in [-0.4, -0.2) is 60.7 Å². The first-order valence-electron chi connectivity index (χ1n) is 12.6. The van der Waals surface area contributed by atoms with Gasteiger partial charge in [0.1, 0.15) is 12.4 Å². The molecule has 2 aliphatic rings. The van der Waals surface area contributed by atoms with Crippen LogP contribution < -0.4 is 14.2 Å². The van der Waals surface area contributed by atoms with E-state index in [-0.39, 0.29) is 24.6 Å². The second-order valence-corrected chi connectivity index (χ2v) is 9.63. The molecule has 0 saturated heterocycles. The van der Waals surface area contributed by atoms with Crippen LogP contribution in [0.3, 0.4) is 0 Å². The predicted molar refractivity (Wildman–Crippen MR) is 134 cm³/mol. The lowest BCUT2D eigenvalue weighted by Gasteiger charge is -2.34. The molecule has 0 unspecified atom stereocenters. The molecule has 1 atom stereocenters. The lowest BCUT2D eigenvalue weighted by Crippen LogP contribution is -2.46. The Morgan fingerprint density at radius 1 is 1.00 bits per heavy atom. The number of rotatable bonds is 5. The van der Waals surface area contributed by atoms with Crippen molar-refractivity contribution in [2.24, 2.45) is 5.92 Å². The minimum Gasteiger partial charge on any atom is -0.491 e. The normalized spacial score (nSPS) is 18.5. The van der Waals surface area contributed by atoms with Gasteiger partial charge >= 0.3 is 0 Å². The number of ether oxygens (including phenoxy) is 3. The highest BCUT2D eigenvalue weighted by atomic mass is 16.7. The number of hydrogen-bond donors (Lipinski definition) is 0. The minimum absolute atomic E-state index is 0.000163. The van der Waals surface area contributed by atoms with E-state index in [0.29, 0.717) is 61.4 Å². The van der Waals surface area contributed by atoms with Crippen molar-refractivity contribution in [1.29, 1.82) is 0 Å². The van der Waals surface area contributed by atoms with Gasteiger partial charge in [-0.3, -0.25) is 9.59 Å². The maximum Gasteiger partial charge on any atom is 0.257 e. The van der Waals surface area contributed by atoms with Crippen molar-refractivity contribution < 1.29 is 23.8 Å². The van der Waals surface area contributed by atoms with E-state index in [1.807, 2.05) is 59.2 Å². The van der Waals surface area contributed by atoms with Crippen molar-refractivity contribution in [1.82, 2.24) is 9.80 Å². The molecule has 0 saturated carbocycles. The van der Waals surface area contributed by atoms with E-state index < -0.39 is 0 Å². The summed E-state index contributed by atoms with van der Waals surface area (Å²) in [5, 5.41) is 0. The SMILES string of the molecule is CCN1CCCCN(C(=O)Cc2ccc3c(c2)OCO3)[C@@H](CC(C)C)COc2ccccc2C1=O. The van der Waals surface area contributed by atoms with Crippen molar-refractivity contribution in [3.63, 3.8) is 0 Å². The van der Waals surface area contributed by atoms with E-state index in [1.165, 1.54) is 0 Å². The van der Waals surface area contributed by atoms with Crippen molar-refractivity contribution in [3.8, 4) is 17.2 Å². The molecule has 2 aliphatic heterocycles. The Morgan fingerprint density at radius 3 is 2.57 bits per heavy atom. The fraction of sp³-hybridized carbons (Fsp3) is 0.500. The summed E-state index contributed by atoms with van der Waals surface area (Å²) in [6, 6.07) is 13.0. The van der Waals surface area contributed by atoms with Gasteiger partial charge in [-0.25, -0.2) is 0 Å². The van der Waals surface area contributed by atoms with Crippen molar-refractivity contribution in [2.45, 2.75) is 52.5 Å². The summed E-state index contributed by atoms with van der Waals surface area (Å²) in [6.45, 7) is 8.80. The average molecular weight is 481 g/mol. The van der Waals surface area contributed by atoms with Gasteiger partial charge in [0.2, 0.25) is 12.7 Å². The summed E-state index contributed by atoms with van der Waals surface area (Å²) in [5.74, 6) is 2.45. The number of benzene rings is 2. The zero-order valence-electron chi connectivity index (χ0n) is 21.0. The average Bonchev–Trinajstić information content (AvgIpc) is 3.31. The highest BCUT2D eigenvalue weighted by Gasteiger charge is 2.28. The summed E-state index contributed by atoms with van der Waals surface area (Å²) in [4.78, 5) is 30.6. The summed E-state index contributed by atoms with van der Waals surface area (Å²) in [5.41, 5.74) is 1.49. The van der Waals surface area contributed by atoms with E-state index in [9.17, 15) is 9.59 Å². The number of fused-ring (bicyclic) bond motifs is 2. The van der Waals surface area contributed by atoms with Crippen LogP contribution in [0, 0.1) is 5.92 Å². The molecule has 2 amide bonds. The second kappa shape index (κ2) is 11.5. The van der Waals surface area contributed by atoms with Crippen LogP contribution in [0.15, 0.2) is 42.5 Å². The fourth-order valence-electron chi connectivity index (χ4n) is 4.78. The second-order valence-electron chi connectivity index (χ2n) is 9.63. The Kier molecular flexibility index (Phi) is 8.16. The molecule has 0 aromatic heterocycles. The Bertz CT molecular complexity index is 1040. The van der Waals surface area contributed by atoms with E-state index in [2.05, 4.69) is 13.8 Å². The van der Waals surface area contributed by atoms with Crippen LogP contribution in [0.2, 0.25) is 0 Å². The molecule has 0 N–H and O–H groups in total. The first-order valence-corrected chi connectivity index (χ1v) is 12.6. The van der Waals surface area contributed by atoms with Gasteiger partial charge in [-0.2, -0.15) is 0 Å². The van der Waals surface area contributed by atoms with Gasteiger partial charge in [0.05, 0.1) is 18.0 Å². The van der Waals surface area contributed by atoms with Crippen LogP contribution in [0.5, 0.6) is 17.2 Å². The molecule has 7 nitrogen and oxygen atoms in total. The van der Waals surface area contributed by atoms with Crippen LogP contribution >= 0.6 is 0 Å². The molecule has 0 bridgehead atoms. The molecule has 188 valence electrons. The van der Waals surface area contributed by atoms with Crippen LogP contribution in [0.4, 0.5) is 0 Å². The molecule has 0 radical (unpaired) electrons. The van der Waals surface area contributed by atoms with Crippen LogP contribution in [0.25, 0.3) is 0 Å². The number of carbonyl (C=O) groups is 2. The van der Waals surface area contributed by atoms with Crippen molar-refractivity contribution >= 4 is 11.8 Å². The first kappa shape index (κ1) is 24.9. The largest absolute Gasteiger partial charge is 0.491 e. The molecular weight excluding hydrogens is 444 g/mol. The predicted octanol–water partition coefficient (Wildman–Crippen LogP) is 4.54. The number of carbonyl (C=O) groups excluding carboxylic acids is 2. The third-order valence-electron chi connectivity index (χ3n) is 6.59. The van der Waals surface area contributed by atoms with Gasteiger partial charge < -0.3 is 24.0 Å². The topological polar surface area (TPSA) is 68.3 Å². The molecule has 2 aromatic rings. The van der Waals surface area contributed by atoms with Gasteiger partial charge in [-0.1, -0.05) is 32.0 Å². The molecule has 4 rings (SSSR count). The monoisotopic (exact) mass is 480 g/mol. The molecule has 2 heterocycles. The number of nitrogens with zero attached hydrogens (tertiary/aromatic N) is 2. The molecule has 0 spiro atoms. The zero-order chi connectivity index (χ0) is 24.8. The lowest BCUT2D eigenvalue weighted by molar-refractivity contribution is -0.134. The standard InChI is InChI=1S/C28H36N2O5/c1-4-29-13-7-8-14-30(27(31)17-21-11-12-25-26(16-21)35-19-34-25)22(15-20(2)3)18-33-24-10-6-5-9-23(24)28(29)32/h5-6,9-12,16,20,22H,4,7-8,13-15,17-19H2,1-3H3/t22-/m0/s1. The maximum atomic E-state index is 13.6. The third-order valence-corrected chi connectivity index (χ3v) is 6.59. The Balaban J connectivity index is 1.58. The van der Waals surface area contributed by atoms with E-state index in [0.717, 1.165) is 24.8 Å². The van der Waals surface area contributed by atoms with Gasteiger partial charge in [-0.15, -0.1) is 0 Å². The quantitative estimate of drug-likeness (QED) is 0.629. The Morgan fingerprint density at radius 2 is 1.77 bits per heavy atom. The number of amides is 2. The molecule has 7 heteroatoms. The summed E-state index contributed by atoms with van der Waals surface area (Å²) in [6.07, 6.45) is 2.78. The number of para-hydroxylation sites is 1. The summed E-state index contributed by atoms with van der Waals surface area (Å²) < 4.78 is 17.2. The van der Waals surface area contributed by atoms with E-state index in [4.69, 9.17) is 14.2 Å². The lowest BCUT2D eigenvalue weighted by atomic mass is 10.0. The number of hydrogen-bond acceptors (Lipinski definition) is 5. The van der Waals surface area contributed by atoms with Gasteiger partial charge in [-0.05, 0) is 61.9 Å². The molecular formula is C28H36N2O5. The van der Waals surface area contributed by atoms with Crippen molar-refractivity contribution in [3.05, 3.63) is 53.6 Å². The van der Waals surface area contributed by atoms with E-state index >= 15 is 0 Å². The van der Waals surface area contributed by atoms with Crippen LogP contribution in [0.1, 0.15) is 56.0 Å². The summed E-state index contributed by atoms with van der Waals surface area (Å²) in [7, 11) is 0. The van der Waals surface area contributed by atoms with Gasteiger partial charge in [0, 0.05) is 19.6 Å². The summed E-state index contributed by atoms with van der Waals surface area (Å²) >= 11 is 0. The molecule has 0 fully saturated rings. The smallest absolute Gasteiger partial charge is 0.257 e. The fourth-order valence-corrected chi connectivity index (χ4v) is 4.78. The maximum absolute atomic E-state index is 13.6. The van der Waals surface area contributed by atoms with Gasteiger partial charge in [0.15, 0.2) is 11.5 Å². The molecule has 35 heavy (non-hydrogen) atoms. The Labute approximate surface area is 207 Å². The zero-order valence-corrected chi connectivity index (χ0v) is 21.0. The van der Waals surface area contributed by atoms with Crippen LogP contribution in [-0.2, 0) is 11.2 Å². The highest BCUT2D eigenvalue weighted by molar-refractivity contribution is 5.97. The Hall–Kier alpha value is -3.22.